The van der Waals surface area contributed by atoms with Crippen molar-refractivity contribution < 1.29 is 4.79 Å². The lowest BCUT2D eigenvalue weighted by Crippen LogP contribution is -2.14. The van der Waals surface area contributed by atoms with Crippen molar-refractivity contribution in [2.24, 2.45) is 0 Å². The maximum atomic E-state index is 12.5. The first-order valence-corrected chi connectivity index (χ1v) is 8.39. The molecular weight excluding hydrogens is 310 g/mol. The summed E-state index contributed by atoms with van der Waals surface area (Å²) in [6, 6.07) is 21.0. The summed E-state index contributed by atoms with van der Waals surface area (Å²) in [5.41, 5.74) is 9.98. The Bertz CT molecular complexity index is 858. The first-order valence-electron chi connectivity index (χ1n) is 8.39. The van der Waals surface area contributed by atoms with Crippen LogP contribution in [0.5, 0.6) is 0 Å². The Balaban J connectivity index is 1.81. The van der Waals surface area contributed by atoms with E-state index in [2.05, 4.69) is 17.2 Å². The van der Waals surface area contributed by atoms with Gasteiger partial charge in [0.25, 0.3) is 5.91 Å². The van der Waals surface area contributed by atoms with Gasteiger partial charge in [-0.2, -0.15) is 0 Å². The van der Waals surface area contributed by atoms with Gasteiger partial charge in [0.15, 0.2) is 5.82 Å². The summed E-state index contributed by atoms with van der Waals surface area (Å²) >= 11 is 0. The number of aryl methyl sites for hydroxylation is 1. The van der Waals surface area contributed by atoms with Crippen LogP contribution in [0.2, 0.25) is 0 Å². The predicted molar refractivity (Wildman–Crippen MR) is 102 cm³/mol. The van der Waals surface area contributed by atoms with E-state index >= 15 is 0 Å². The molecule has 0 fully saturated rings. The number of hydrogen-bond acceptors (Lipinski definition) is 3. The molecule has 3 rings (SSSR count). The van der Waals surface area contributed by atoms with E-state index in [9.17, 15) is 4.79 Å². The van der Waals surface area contributed by atoms with Gasteiger partial charge < -0.3 is 11.1 Å². The van der Waals surface area contributed by atoms with Crippen LogP contribution in [0.4, 0.5) is 11.5 Å². The Morgan fingerprint density at radius 1 is 1.00 bits per heavy atom. The van der Waals surface area contributed by atoms with Gasteiger partial charge in [-0.05, 0) is 36.2 Å². The third kappa shape index (κ3) is 4.04. The molecule has 1 heterocycles. The molecule has 0 atom stereocenters. The molecule has 0 aliphatic rings. The summed E-state index contributed by atoms with van der Waals surface area (Å²) in [5.74, 6) is 0.163. The number of nitrogen functional groups attached to an aromatic ring is 1. The van der Waals surface area contributed by atoms with E-state index in [1.165, 1.54) is 5.56 Å². The Kier molecular flexibility index (Phi) is 5.09. The average molecular weight is 331 g/mol. The molecule has 0 aliphatic carbocycles. The van der Waals surface area contributed by atoms with Crippen molar-refractivity contribution in [3.8, 4) is 11.3 Å². The fourth-order valence-corrected chi connectivity index (χ4v) is 2.63. The number of aromatic nitrogens is 1. The van der Waals surface area contributed by atoms with Gasteiger partial charge in [-0.1, -0.05) is 55.8 Å². The third-order valence-corrected chi connectivity index (χ3v) is 3.98. The lowest BCUT2D eigenvalue weighted by molar-refractivity contribution is 0.102. The molecular formula is C21H21N3O. The summed E-state index contributed by atoms with van der Waals surface area (Å²) in [6.45, 7) is 2.13. The maximum Gasteiger partial charge on any atom is 0.256 e. The SMILES string of the molecule is CCCc1ccc(C(=O)Nc2nc(-c3ccccc3)ccc2N)cc1. The standard InChI is InChI=1S/C21H21N3O/c1-2-6-15-9-11-17(12-10-15)21(25)24-20-18(22)13-14-19(23-20)16-7-4-3-5-8-16/h3-5,7-14H,2,6,22H2,1H3,(H,23,24,25). The first-order chi connectivity index (χ1) is 12.2. The van der Waals surface area contributed by atoms with Crippen LogP contribution in [0.3, 0.4) is 0 Å². The highest BCUT2D eigenvalue weighted by Crippen LogP contribution is 2.23. The van der Waals surface area contributed by atoms with Gasteiger partial charge in [-0.15, -0.1) is 0 Å². The van der Waals surface area contributed by atoms with E-state index in [4.69, 9.17) is 5.73 Å². The van der Waals surface area contributed by atoms with E-state index < -0.39 is 0 Å². The molecule has 4 heteroatoms. The van der Waals surface area contributed by atoms with Crippen molar-refractivity contribution >= 4 is 17.4 Å². The molecule has 0 radical (unpaired) electrons. The minimum atomic E-state index is -0.215. The van der Waals surface area contributed by atoms with E-state index in [-0.39, 0.29) is 5.91 Å². The summed E-state index contributed by atoms with van der Waals surface area (Å²) in [6.07, 6.45) is 2.09. The third-order valence-electron chi connectivity index (χ3n) is 3.98. The molecule has 1 amide bonds. The van der Waals surface area contributed by atoms with Crippen molar-refractivity contribution in [3.05, 3.63) is 77.9 Å². The van der Waals surface area contributed by atoms with Crippen LogP contribution < -0.4 is 11.1 Å². The lowest BCUT2D eigenvalue weighted by atomic mass is 10.1. The number of amides is 1. The highest BCUT2D eigenvalue weighted by Gasteiger charge is 2.11. The number of pyridine rings is 1. The minimum Gasteiger partial charge on any atom is -0.396 e. The Hall–Kier alpha value is -3.14. The van der Waals surface area contributed by atoms with Gasteiger partial charge in [0.05, 0.1) is 11.4 Å². The first kappa shape index (κ1) is 16.7. The highest BCUT2D eigenvalue weighted by molar-refractivity contribution is 6.05. The number of rotatable bonds is 5. The van der Waals surface area contributed by atoms with Gasteiger partial charge in [0, 0.05) is 11.1 Å². The molecule has 0 bridgehead atoms. The van der Waals surface area contributed by atoms with E-state index in [0.29, 0.717) is 17.1 Å². The molecule has 0 unspecified atom stereocenters. The number of nitrogens with two attached hydrogens (primary N) is 1. The molecule has 4 nitrogen and oxygen atoms in total. The van der Waals surface area contributed by atoms with Crippen molar-refractivity contribution in [2.75, 3.05) is 11.1 Å². The smallest absolute Gasteiger partial charge is 0.256 e. The van der Waals surface area contributed by atoms with Crippen molar-refractivity contribution in [1.82, 2.24) is 4.98 Å². The highest BCUT2D eigenvalue weighted by atomic mass is 16.1. The largest absolute Gasteiger partial charge is 0.396 e. The van der Waals surface area contributed by atoms with Gasteiger partial charge >= 0.3 is 0 Å². The second-order valence-corrected chi connectivity index (χ2v) is 5.90. The molecule has 0 spiro atoms. The molecule has 1 aromatic heterocycles. The molecule has 0 saturated carbocycles. The number of carbonyl (C=O) groups excluding carboxylic acids is 1. The van der Waals surface area contributed by atoms with Crippen LogP contribution >= 0.6 is 0 Å². The molecule has 0 aliphatic heterocycles. The van der Waals surface area contributed by atoms with Crippen LogP contribution in [0, 0.1) is 0 Å². The minimum absolute atomic E-state index is 0.215. The fourth-order valence-electron chi connectivity index (χ4n) is 2.63. The van der Waals surface area contributed by atoms with Crippen molar-refractivity contribution in [2.45, 2.75) is 19.8 Å². The Labute approximate surface area is 147 Å². The van der Waals surface area contributed by atoms with E-state index in [1.54, 1.807) is 6.07 Å². The Morgan fingerprint density at radius 3 is 2.40 bits per heavy atom. The zero-order valence-corrected chi connectivity index (χ0v) is 14.2. The summed E-state index contributed by atoms with van der Waals surface area (Å²) < 4.78 is 0. The number of hydrogen-bond donors (Lipinski definition) is 2. The number of nitrogens with one attached hydrogen (secondary N) is 1. The number of nitrogens with zero attached hydrogens (tertiary/aromatic N) is 1. The molecule has 25 heavy (non-hydrogen) atoms. The van der Waals surface area contributed by atoms with Gasteiger partial charge in [0.2, 0.25) is 0 Å². The molecule has 126 valence electrons. The van der Waals surface area contributed by atoms with E-state index in [1.807, 2.05) is 60.7 Å². The molecule has 2 aromatic carbocycles. The summed E-state index contributed by atoms with van der Waals surface area (Å²) in [5, 5.41) is 2.81. The van der Waals surface area contributed by atoms with Gasteiger partial charge in [0.1, 0.15) is 0 Å². The molecule has 0 saturated heterocycles. The van der Waals surface area contributed by atoms with Crippen LogP contribution in [-0.4, -0.2) is 10.9 Å². The van der Waals surface area contributed by atoms with Gasteiger partial charge in [-0.3, -0.25) is 4.79 Å². The fraction of sp³-hybridized carbons (Fsp3) is 0.143. The maximum absolute atomic E-state index is 12.5. The molecule has 3 aromatic rings. The van der Waals surface area contributed by atoms with Crippen LogP contribution in [0.1, 0.15) is 29.3 Å². The number of benzene rings is 2. The van der Waals surface area contributed by atoms with Crippen LogP contribution in [-0.2, 0) is 6.42 Å². The predicted octanol–water partition coefficient (Wildman–Crippen LogP) is 4.54. The normalized spacial score (nSPS) is 10.4. The zero-order chi connectivity index (χ0) is 17.6. The summed E-state index contributed by atoms with van der Waals surface area (Å²) in [7, 11) is 0. The van der Waals surface area contributed by atoms with Crippen LogP contribution in [0.25, 0.3) is 11.3 Å². The second kappa shape index (κ2) is 7.62. The topological polar surface area (TPSA) is 68.0 Å². The average Bonchev–Trinajstić information content (AvgIpc) is 2.65. The molecule has 3 N–H and O–H groups in total. The monoisotopic (exact) mass is 331 g/mol. The van der Waals surface area contributed by atoms with Gasteiger partial charge in [-0.25, -0.2) is 4.98 Å². The lowest BCUT2D eigenvalue weighted by Gasteiger charge is -2.10. The Morgan fingerprint density at radius 2 is 1.72 bits per heavy atom. The van der Waals surface area contributed by atoms with Crippen LogP contribution in [0.15, 0.2) is 66.7 Å². The second-order valence-electron chi connectivity index (χ2n) is 5.90. The van der Waals surface area contributed by atoms with Crippen molar-refractivity contribution in [3.63, 3.8) is 0 Å². The van der Waals surface area contributed by atoms with Crippen molar-refractivity contribution in [1.29, 1.82) is 0 Å². The zero-order valence-electron chi connectivity index (χ0n) is 14.2. The summed E-state index contributed by atoms with van der Waals surface area (Å²) in [4.78, 5) is 17.0. The number of carbonyl (C=O) groups is 1. The quantitative estimate of drug-likeness (QED) is 0.721. The number of anilines is 2. The van der Waals surface area contributed by atoms with E-state index in [0.717, 1.165) is 24.1 Å².